The lowest BCUT2D eigenvalue weighted by Gasteiger charge is -2.12. The van der Waals surface area contributed by atoms with E-state index in [1.165, 1.54) is 18.2 Å². The number of ether oxygens (including phenoxy) is 1. The third-order valence-electron chi connectivity index (χ3n) is 4.57. The lowest BCUT2D eigenvalue weighted by Crippen LogP contribution is -2.33. The van der Waals surface area contributed by atoms with Crippen LogP contribution in [0.3, 0.4) is 0 Å². The second-order valence-corrected chi connectivity index (χ2v) is 7.12. The minimum absolute atomic E-state index is 0.00295. The molecule has 2 heterocycles. The molecule has 1 aromatic heterocycles. The van der Waals surface area contributed by atoms with Crippen molar-refractivity contribution in [3.8, 4) is 17.1 Å². The highest BCUT2D eigenvalue weighted by Crippen LogP contribution is 2.39. The monoisotopic (exact) mass is 427 g/mol. The summed E-state index contributed by atoms with van der Waals surface area (Å²) in [6.07, 6.45) is 5.90. The Labute approximate surface area is 176 Å². The first-order chi connectivity index (χ1) is 14.5. The molecule has 0 aliphatic carbocycles. The Morgan fingerprint density at radius 3 is 2.83 bits per heavy atom. The number of aromatic nitrogens is 2. The standard InChI is InChI=1S/C22H16ClF2N3O2/c23-15-9-14-10-16(30-21(14)17(11-15)22-26-7-2-8-27-22)12-28-19(29)6-5-13-3-1-4-18(24)20(13)25/h1-9,11,16H,10,12H2,(H,28,29)/b6-5+/t16-/m0/s1. The van der Waals surface area contributed by atoms with E-state index < -0.39 is 17.5 Å². The summed E-state index contributed by atoms with van der Waals surface area (Å²) in [6.45, 7) is 0.232. The molecule has 1 aliphatic rings. The molecule has 0 spiro atoms. The highest BCUT2D eigenvalue weighted by molar-refractivity contribution is 6.31. The molecular formula is C22H16ClF2N3O2. The highest BCUT2D eigenvalue weighted by atomic mass is 35.5. The Balaban J connectivity index is 1.41. The number of hydrogen-bond donors (Lipinski definition) is 1. The summed E-state index contributed by atoms with van der Waals surface area (Å²) in [4.78, 5) is 20.6. The highest BCUT2D eigenvalue weighted by Gasteiger charge is 2.27. The third kappa shape index (κ3) is 4.31. The fourth-order valence-corrected chi connectivity index (χ4v) is 3.44. The van der Waals surface area contributed by atoms with Crippen LogP contribution >= 0.6 is 11.6 Å². The number of halogens is 3. The van der Waals surface area contributed by atoms with Crippen molar-refractivity contribution in [2.45, 2.75) is 12.5 Å². The zero-order chi connectivity index (χ0) is 21.1. The number of fused-ring (bicyclic) bond motifs is 1. The summed E-state index contributed by atoms with van der Waals surface area (Å²) >= 11 is 6.23. The van der Waals surface area contributed by atoms with Gasteiger partial charge < -0.3 is 10.1 Å². The normalized spacial score (nSPS) is 15.1. The molecule has 8 heteroatoms. The molecule has 1 N–H and O–H groups in total. The lowest BCUT2D eigenvalue weighted by molar-refractivity contribution is -0.116. The van der Waals surface area contributed by atoms with Gasteiger partial charge in [0, 0.05) is 41.0 Å². The smallest absolute Gasteiger partial charge is 0.244 e. The van der Waals surface area contributed by atoms with Crippen LogP contribution in [0.5, 0.6) is 5.75 Å². The van der Waals surface area contributed by atoms with Crippen LogP contribution in [0.4, 0.5) is 8.78 Å². The van der Waals surface area contributed by atoms with Crippen LogP contribution in [0.1, 0.15) is 11.1 Å². The van der Waals surface area contributed by atoms with Gasteiger partial charge in [0.2, 0.25) is 5.91 Å². The van der Waals surface area contributed by atoms with E-state index in [-0.39, 0.29) is 18.2 Å². The van der Waals surface area contributed by atoms with Gasteiger partial charge in [-0.05, 0) is 30.3 Å². The van der Waals surface area contributed by atoms with Gasteiger partial charge in [-0.15, -0.1) is 0 Å². The summed E-state index contributed by atoms with van der Waals surface area (Å²) in [5.41, 5.74) is 1.59. The Bertz CT molecular complexity index is 1120. The number of rotatable bonds is 5. The first kappa shape index (κ1) is 20.0. The van der Waals surface area contributed by atoms with Gasteiger partial charge in [-0.1, -0.05) is 23.7 Å². The summed E-state index contributed by atoms with van der Waals surface area (Å²) in [5.74, 6) is -1.26. The van der Waals surface area contributed by atoms with E-state index in [1.54, 1.807) is 24.5 Å². The van der Waals surface area contributed by atoms with Crippen molar-refractivity contribution in [1.29, 1.82) is 0 Å². The summed E-state index contributed by atoms with van der Waals surface area (Å²) in [6, 6.07) is 9.05. The van der Waals surface area contributed by atoms with Crippen LogP contribution in [-0.2, 0) is 11.2 Å². The zero-order valence-electron chi connectivity index (χ0n) is 15.6. The van der Waals surface area contributed by atoms with Crippen LogP contribution < -0.4 is 10.1 Å². The van der Waals surface area contributed by atoms with Gasteiger partial charge in [-0.3, -0.25) is 4.79 Å². The van der Waals surface area contributed by atoms with E-state index >= 15 is 0 Å². The molecule has 0 fully saturated rings. The Morgan fingerprint density at radius 2 is 2.03 bits per heavy atom. The van der Waals surface area contributed by atoms with Gasteiger partial charge >= 0.3 is 0 Å². The lowest BCUT2D eigenvalue weighted by atomic mass is 10.1. The molecule has 5 nitrogen and oxygen atoms in total. The molecule has 0 saturated heterocycles. The molecule has 0 bridgehead atoms. The number of amides is 1. The van der Waals surface area contributed by atoms with E-state index in [0.717, 1.165) is 17.7 Å². The van der Waals surface area contributed by atoms with Gasteiger partial charge in [-0.25, -0.2) is 18.7 Å². The van der Waals surface area contributed by atoms with Crippen LogP contribution in [0, 0.1) is 11.6 Å². The van der Waals surface area contributed by atoms with Crippen molar-refractivity contribution < 1.29 is 18.3 Å². The Kier molecular flexibility index (Phi) is 5.72. The average molecular weight is 428 g/mol. The first-order valence-electron chi connectivity index (χ1n) is 9.17. The summed E-state index contributed by atoms with van der Waals surface area (Å²) < 4.78 is 32.9. The predicted octanol–water partition coefficient (Wildman–Crippen LogP) is 4.21. The minimum Gasteiger partial charge on any atom is -0.487 e. The third-order valence-corrected chi connectivity index (χ3v) is 4.79. The topological polar surface area (TPSA) is 64.1 Å². The van der Waals surface area contributed by atoms with Gasteiger partial charge in [0.05, 0.1) is 12.1 Å². The number of nitrogens with one attached hydrogen (secondary N) is 1. The van der Waals surface area contributed by atoms with Crippen molar-refractivity contribution in [3.05, 3.63) is 82.7 Å². The number of carbonyl (C=O) groups is 1. The number of hydrogen-bond acceptors (Lipinski definition) is 4. The van der Waals surface area contributed by atoms with Crippen LogP contribution in [0.15, 0.2) is 54.9 Å². The molecule has 0 unspecified atom stereocenters. The Morgan fingerprint density at radius 1 is 1.23 bits per heavy atom. The van der Waals surface area contributed by atoms with Gasteiger partial charge in [0.15, 0.2) is 17.5 Å². The van der Waals surface area contributed by atoms with Crippen molar-refractivity contribution in [2.24, 2.45) is 0 Å². The zero-order valence-corrected chi connectivity index (χ0v) is 16.4. The molecular weight excluding hydrogens is 412 g/mol. The van der Waals surface area contributed by atoms with Crippen molar-refractivity contribution in [1.82, 2.24) is 15.3 Å². The van der Waals surface area contributed by atoms with Crippen molar-refractivity contribution in [3.63, 3.8) is 0 Å². The molecule has 30 heavy (non-hydrogen) atoms. The number of nitrogens with zero attached hydrogens (tertiary/aromatic N) is 2. The molecule has 1 aliphatic heterocycles. The molecule has 3 aromatic rings. The second kappa shape index (κ2) is 8.59. The van der Waals surface area contributed by atoms with Crippen molar-refractivity contribution >= 4 is 23.6 Å². The minimum atomic E-state index is -0.997. The number of carbonyl (C=O) groups excluding carboxylic acids is 1. The quantitative estimate of drug-likeness (QED) is 0.619. The van der Waals surface area contributed by atoms with Gasteiger partial charge in [-0.2, -0.15) is 0 Å². The molecule has 0 saturated carbocycles. The largest absolute Gasteiger partial charge is 0.487 e. The fraction of sp³-hybridized carbons (Fsp3) is 0.136. The van der Waals surface area contributed by atoms with Crippen LogP contribution in [-0.4, -0.2) is 28.5 Å². The molecule has 2 aromatic carbocycles. The summed E-state index contributed by atoms with van der Waals surface area (Å²) in [7, 11) is 0. The van der Waals surface area contributed by atoms with Gasteiger partial charge in [0.1, 0.15) is 11.9 Å². The van der Waals surface area contributed by atoms with E-state index in [9.17, 15) is 13.6 Å². The molecule has 1 atom stereocenters. The van der Waals surface area contributed by atoms with E-state index in [4.69, 9.17) is 16.3 Å². The average Bonchev–Trinajstić information content (AvgIpc) is 3.16. The van der Waals surface area contributed by atoms with Crippen LogP contribution in [0.25, 0.3) is 17.5 Å². The maximum Gasteiger partial charge on any atom is 0.244 e. The first-order valence-corrected chi connectivity index (χ1v) is 9.55. The number of benzene rings is 2. The molecule has 4 rings (SSSR count). The molecule has 1 amide bonds. The molecule has 152 valence electrons. The fourth-order valence-electron chi connectivity index (χ4n) is 3.20. The maximum absolute atomic E-state index is 13.6. The molecule has 0 radical (unpaired) electrons. The van der Waals surface area contributed by atoms with E-state index in [1.807, 2.05) is 6.07 Å². The second-order valence-electron chi connectivity index (χ2n) is 6.68. The Hall–Kier alpha value is -3.32. The van der Waals surface area contributed by atoms with Gasteiger partial charge in [0.25, 0.3) is 0 Å². The summed E-state index contributed by atoms with van der Waals surface area (Å²) in [5, 5.41) is 3.25. The van der Waals surface area contributed by atoms with Crippen LogP contribution in [0.2, 0.25) is 5.02 Å². The van der Waals surface area contributed by atoms with E-state index in [0.29, 0.717) is 28.6 Å². The predicted molar refractivity (Wildman–Crippen MR) is 109 cm³/mol. The van der Waals surface area contributed by atoms with E-state index in [2.05, 4.69) is 15.3 Å². The maximum atomic E-state index is 13.6. The SMILES string of the molecule is O=C(/C=C/c1cccc(F)c1F)NC[C@@H]1Cc2cc(Cl)cc(-c3ncccn3)c2O1. The van der Waals surface area contributed by atoms with Crippen molar-refractivity contribution in [2.75, 3.05) is 6.54 Å².